The van der Waals surface area contributed by atoms with Crippen LogP contribution in [0.25, 0.3) is 0 Å². The molecular formula is C17H16F3N3O4. The molecule has 7 nitrogen and oxygen atoms in total. The van der Waals surface area contributed by atoms with E-state index in [0.29, 0.717) is 11.8 Å². The summed E-state index contributed by atoms with van der Waals surface area (Å²) < 4.78 is 52.9. The molecule has 0 spiro atoms. The number of esters is 1. The summed E-state index contributed by atoms with van der Waals surface area (Å²) in [5.41, 5.74) is 2.19. The van der Waals surface area contributed by atoms with E-state index in [-0.39, 0.29) is 23.1 Å². The third-order valence-electron chi connectivity index (χ3n) is 3.21. The van der Waals surface area contributed by atoms with Gasteiger partial charge in [-0.3, -0.25) is 10.2 Å². The standard InChI is InChI=1S/C17H16F3N3O4/c1-10(24)27-16-13(25-2)6-11(7-14(16)26-3)8-22-23-15-5-4-12(9-21-15)17(18,19)20/h4-9H,1-3H3,(H,21,23)/b22-8+. The van der Waals surface area contributed by atoms with E-state index < -0.39 is 17.7 Å². The normalized spacial score (nSPS) is 11.3. The molecule has 0 saturated carbocycles. The van der Waals surface area contributed by atoms with Crippen LogP contribution >= 0.6 is 0 Å². The van der Waals surface area contributed by atoms with Crippen LogP contribution in [-0.2, 0) is 11.0 Å². The molecule has 1 aromatic carbocycles. The molecule has 0 aliphatic rings. The number of nitrogens with zero attached hydrogens (tertiary/aromatic N) is 2. The summed E-state index contributed by atoms with van der Waals surface area (Å²) in [6.07, 6.45) is -2.37. The van der Waals surface area contributed by atoms with Crippen LogP contribution in [0, 0.1) is 0 Å². The van der Waals surface area contributed by atoms with Crippen molar-refractivity contribution in [2.75, 3.05) is 19.6 Å². The molecule has 0 saturated heterocycles. The first-order chi connectivity index (χ1) is 12.7. The summed E-state index contributed by atoms with van der Waals surface area (Å²) in [6.45, 7) is 1.25. The van der Waals surface area contributed by atoms with Crippen molar-refractivity contribution in [3.8, 4) is 17.2 Å². The lowest BCUT2D eigenvalue weighted by Crippen LogP contribution is -2.06. The summed E-state index contributed by atoms with van der Waals surface area (Å²) in [4.78, 5) is 14.8. The number of alkyl halides is 3. The number of anilines is 1. The molecular weight excluding hydrogens is 367 g/mol. The first-order valence-corrected chi connectivity index (χ1v) is 7.51. The van der Waals surface area contributed by atoms with Crippen LogP contribution < -0.4 is 19.6 Å². The van der Waals surface area contributed by atoms with Crippen molar-refractivity contribution in [1.82, 2.24) is 4.98 Å². The van der Waals surface area contributed by atoms with Crippen LogP contribution in [0.2, 0.25) is 0 Å². The third kappa shape index (κ3) is 5.33. The van der Waals surface area contributed by atoms with Crippen molar-refractivity contribution in [3.05, 3.63) is 41.6 Å². The highest BCUT2D eigenvalue weighted by Crippen LogP contribution is 2.38. The lowest BCUT2D eigenvalue weighted by atomic mass is 10.2. The molecule has 0 radical (unpaired) electrons. The smallest absolute Gasteiger partial charge is 0.417 e. The molecule has 10 heteroatoms. The molecule has 0 aliphatic carbocycles. The largest absolute Gasteiger partial charge is 0.493 e. The van der Waals surface area contributed by atoms with Gasteiger partial charge in [0.25, 0.3) is 0 Å². The van der Waals surface area contributed by atoms with Gasteiger partial charge in [-0.25, -0.2) is 4.98 Å². The van der Waals surface area contributed by atoms with E-state index in [4.69, 9.17) is 14.2 Å². The number of carbonyl (C=O) groups excluding carboxylic acids is 1. The predicted molar refractivity (Wildman–Crippen MR) is 91.3 cm³/mol. The van der Waals surface area contributed by atoms with Crippen LogP contribution in [0.1, 0.15) is 18.1 Å². The van der Waals surface area contributed by atoms with Crippen molar-refractivity contribution in [3.63, 3.8) is 0 Å². The lowest BCUT2D eigenvalue weighted by Gasteiger charge is -2.13. The van der Waals surface area contributed by atoms with Gasteiger partial charge in [-0.2, -0.15) is 18.3 Å². The van der Waals surface area contributed by atoms with Gasteiger partial charge in [-0.05, 0) is 24.3 Å². The molecule has 0 amide bonds. The van der Waals surface area contributed by atoms with Crippen LogP contribution in [0.4, 0.5) is 19.0 Å². The SMILES string of the molecule is COc1cc(/C=N/Nc2ccc(C(F)(F)F)cn2)cc(OC)c1OC(C)=O. The van der Waals surface area contributed by atoms with Crippen LogP contribution in [-0.4, -0.2) is 31.4 Å². The Hall–Kier alpha value is -3.30. The minimum Gasteiger partial charge on any atom is -0.493 e. The van der Waals surface area contributed by atoms with Crippen molar-refractivity contribution in [2.24, 2.45) is 5.10 Å². The number of nitrogens with one attached hydrogen (secondary N) is 1. The molecule has 0 unspecified atom stereocenters. The van der Waals surface area contributed by atoms with Gasteiger partial charge in [0, 0.05) is 18.7 Å². The Morgan fingerprint density at radius 2 is 1.81 bits per heavy atom. The van der Waals surface area contributed by atoms with Gasteiger partial charge < -0.3 is 14.2 Å². The maximum atomic E-state index is 12.5. The molecule has 27 heavy (non-hydrogen) atoms. The third-order valence-corrected chi connectivity index (χ3v) is 3.21. The van der Waals surface area contributed by atoms with E-state index in [0.717, 1.165) is 12.1 Å². The molecule has 0 atom stereocenters. The first-order valence-electron chi connectivity index (χ1n) is 7.51. The van der Waals surface area contributed by atoms with Gasteiger partial charge in [0.1, 0.15) is 5.82 Å². The minimum atomic E-state index is -4.45. The Balaban J connectivity index is 2.17. The predicted octanol–water partition coefficient (Wildman–Crippen LogP) is 3.49. The van der Waals surface area contributed by atoms with Crippen LogP contribution in [0.3, 0.4) is 0 Å². The number of benzene rings is 1. The summed E-state index contributed by atoms with van der Waals surface area (Å²) in [5, 5.41) is 3.91. The molecule has 1 N–H and O–H groups in total. The van der Waals surface area contributed by atoms with Gasteiger partial charge in [-0.15, -0.1) is 0 Å². The van der Waals surface area contributed by atoms with Crippen molar-refractivity contribution in [2.45, 2.75) is 13.1 Å². The quantitative estimate of drug-likeness (QED) is 0.356. The molecule has 2 rings (SSSR count). The monoisotopic (exact) mass is 383 g/mol. The van der Waals surface area contributed by atoms with E-state index in [9.17, 15) is 18.0 Å². The van der Waals surface area contributed by atoms with E-state index in [1.54, 1.807) is 12.1 Å². The summed E-state index contributed by atoms with van der Waals surface area (Å²) in [6, 6.07) is 5.15. The minimum absolute atomic E-state index is 0.127. The van der Waals surface area contributed by atoms with E-state index in [1.807, 2.05) is 0 Å². The topological polar surface area (TPSA) is 82.0 Å². The fourth-order valence-corrected chi connectivity index (χ4v) is 2.02. The fourth-order valence-electron chi connectivity index (χ4n) is 2.02. The second-order valence-electron chi connectivity index (χ2n) is 5.15. The highest BCUT2D eigenvalue weighted by atomic mass is 19.4. The van der Waals surface area contributed by atoms with Crippen LogP contribution in [0.15, 0.2) is 35.6 Å². The maximum absolute atomic E-state index is 12.5. The van der Waals surface area contributed by atoms with Gasteiger partial charge in [0.2, 0.25) is 5.75 Å². The Morgan fingerprint density at radius 3 is 2.26 bits per heavy atom. The second-order valence-corrected chi connectivity index (χ2v) is 5.15. The Kier molecular flexibility index (Phi) is 6.22. The van der Waals surface area contributed by atoms with E-state index >= 15 is 0 Å². The zero-order valence-corrected chi connectivity index (χ0v) is 14.6. The highest BCUT2D eigenvalue weighted by Gasteiger charge is 2.30. The number of hydrazone groups is 1. The molecule has 1 heterocycles. The maximum Gasteiger partial charge on any atom is 0.417 e. The zero-order valence-electron chi connectivity index (χ0n) is 14.6. The number of aromatic nitrogens is 1. The number of methoxy groups -OCH3 is 2. The summed E-state index contributed by atoms with van der Waals surface area (Å²) in [5.74, 6) is 0.220. The summed E-state index contributed by atoms with van der Waals surface area (Å²) in [7, 11) is 2.79. The average molecular weight is 383 g/mol. The number of halogens is 3. The zero-order chi connectivity index (χ0) is 20.0. The Labute approximate surface area is 152 Å². The first kappa shape index (κ1) is 20.0. The van der Waals surface area contributed by atoms with E-state index in [2.05, 4.69) is 15.5 Å². The Morgan fingerprint density at radius 1 is 1.19 bits per heavy atom. The number of hydrogen-bond donors (Lipinski definition) is 1. The summed E-state index contributed by atoms with van der Waals surface area (Å²) >= 11 is 0. The molecule has 1 aromatic heterocycles. The van der Waals surface area contributed by atoms with E-state index in [1.165, 1.54) is 27.4 Å². The second kappa shape index (κ2) is 8.39. The number of rotatable bonds is 6. The molecule has 0 bridgehead atoms. The van der Waals surface area contributed by atoms with Crippen molar-refractivity contribution in [1.29, 1.82) is 0 Å². The van der Waals surface area contributed by atoms with Gasteiger partial charge in [-0.1, -0.05) is 0 Å². The average Bonchev–Trinajstić information content (AvgIpc) is 2.61. The lowest BCUT2D eigenvalue weighted by molar-refractivity contribution is -0.137. The molecule has 0 aliphatic heterocycles. The van der Waals surface area contributed by atoms with Gasteiger partial charge in [0.05, 0.1) is 26.0 Å². The molecule has 0 fully saturated rings. The number of ether oxygens (including phenoxy) is 3. The highest BCUT2D eigenvalue weighted by molar-refractivity contribution is 5.83. The number of pyridine rings is 1. The van der Waals surface area contributed by atoms with Gasteiger partial charge in [0.15, 0.2) is 11.5 Å². The van der Waals surface area contributed by atoms with Crippen LogP contribution in [0.5, 0.6) is 17.2 Å². The Bertz CT molecular complexity index is 811. The number of hydrogen-bond acceptors (Lipinski definition) is 7. The van der Waals surface area contributed by atoms with Crippen molar-refractivity contribution >= 4 is 18.0 Å². The van der Waals surface area contributed by atoms with Gasteiger partial charge >= 0.3 is 12.1 Å². The fraction of sp³-hybridized carbons (Fsp3) is 0.235. The molecule has 144 valence electrons. The van der Waals surface area contributed by atoms with Crippen molar-refractivity contribution < 1.29 is 32.2 Å². The molecule has 2 aromatic rings. The number of carbonyl (C=O) groups is 1.